The fourth-order valence-electron chi connectivity index (χ4n) is 3.73. The molecular weight excluding hydrogens is 462 g/mol. The molecule has 7 nitrogen and oxygen atoms in total. The monoisotopic (exact) mass is 487 g/mol. The summed E-state index contributed by atoms with van der Waals surface area (Å²) in [6.07, 6.45) is 1.92. The molecule has 2 aromatic carbocycles. The molecule has 2 saturated heterocycles. The van der Waals surface area contributed by atoms with Gasteiger partial charge in [-0.3, -0.25) is 14.5 Å². The molecule has 174 valence electrons. The molecule has 2 amide bonds. The van der Waals surface area contributed by atoms with Gasteiger partial charge in [0.05, 0.1) is 24.9 Å². The molecule has 0 bridgehead atoms. The molecule has 0 spiro atoms. The highest BCUT2D eigenvalue weighted by Gasteiger charge is 2.40. The Morgan fingerprint density at radius 2 is 2.12 bits per heavy atom. The number of nitrogens with zero attached hydrogens (tertiary/aromatic N) is 2. The molecule has 0 saturated carbocycles. The summed E-state index contributed by atoms with van der Waals surface area (Å²) in [7, 11) is 0. The molecule has 4 rings (SSSR count). The van der Waals surface area contributed by atoms with Gasteiger partial charge in [-0.15, -0.1) is 0 Å². The normalized spacial score (nSPS) is 21.6. The lowest BCUT2D eigenvalue weighted by Gasteiger charge is -2.20. The summed E-state index contributed by atoms with van der Waals surface area (Å²) in [6.45, 7) is 3.66. The number of aliphatic imine (C=N–C) groups is 1. The summed E-state index contributed by atoms with van der Waals surface area (Å²) < 4.78 is 11.2. The molecule has 2 atom stereocenters. The first kappa shape index (κ1) is 23.6. The van der Waals surface area contributed by atoms with Crippen LogP contribution in [0, 0.1) is 0 Å². The van der Waals surface area contributed by atoms with Gasteiger partial charge in [-0.05, 0) is 62.2 Å². The van der Waals surface area contributed by atoms with E-state index in [2.05, 4.69) is 5.32 Å². The summed E-state index contributed by atoms with van der Waals surface area (Å²) in [6, 6.07) is 14.3. The summed E-state index contributed by atoms with van der Waals surface area (Å²) >= 11 is 7.31. The predicted octanol–water partition coefficient (Wildman–Crippen LogP) is 4.88. The number of hydrogen-bond donors (Lipinski definition) is 1. The Morgan fingerprint density at radius 3 is 2.82 bits per heavy atom. The second kappa shape index (κ2) is 11.0. The maximum absolute atomic E-state index is 13.2. The number of halogens is 1. The minimum atomic E-state index is -0.549. The first-order valence-corrected chi connectivity index (χ1v) is 12.2. The molecule has 2 aliphatic heterocycles. The minimum absolute atomic E-state index is 0.0147. The van der Waals surface area contributed by atoms with Crippen LogP contribution in [0.15, 0.2) is 53.5 Å². The summed E-state index contributed by atoms with van der Waals surface area (Å²) in [5, 5.41) is 3.38. The number of carbonyl (C=O) groups is 2. The van der Waals surface area contributed by atoms with Crippen molar-refractivity contribution in [3.8, 4) is 5.75 Å². The van der Waals surface area contributed by atoms with Crippen molar-refractivity contribution in [2.24, 2.45) is 4.99 Å². The van der Waals surface area contributed by atoms with E-state index in [-0.39, 0.29) is 24.3 Å². The van der Waals surface area contributed by atoms with Crippen molar-refractivity contribution >= 4 is 51.7 Å². The van der Waals surface area contributed by atoms with E-state index in [0.29, 0.717) is 35.6 Å². The van der Waals surface area contributed by atoms with Gasteiger partial charge in [0.25, 0.3) is 0 Å². The number of benzene rings is 2. The number of hydrogen-bond acceptors (Lipinski definition) is 6. The van der Waals surface area contributed by atoms with Gasteiger partial charge < -0.3 is 14.8 Å². The molecule has 33 heavy (non-hydrogen) atoms. The highest BCUT2D eigenvalue weighted by atomic mass is 35.5. The molecule has 0 aromatic heterocycles. The average Bonchev–Trinajstić information content (AvgIpc) is 3.40. The third-order valence-electron chi connectivity index (χ3n) is 5.28. The first-order chi connectivity index (χ1) is 16.0. The Labute approximate surface area is 202 Å². The molecule has 2 unspecified atom stereocenters. The Hall–Kier alpha value is -2.55. The SMILES string of the molecule is CCOc1ccc(N=C2SC(CC(=O)Nc3cccc(Cl)c3)C(=O)N2CC2CCCO2)cc1. The van der Waals surface area contributed by atoms with Crippen LogP contribution in [0.25, 0.3) is 0 Å². The van der Waals surface area contributed by atoms with Gasteiger partial charge >= 0.3 is 0 Å². The third-order valence-corrected chi connectivity index (χ3v) is 6.69. The van der Waals surface area contributed by atoms with Crippen molar-refractivity contribution in [2.45, 2.75) is 37.5 Å². The zero-order valence-electron chi connectivity index (χ0n) is 18.3. The number of carbonyl (C=O) groups excluding carboxylic acids is 2. The molecular formula is C24H26ClN3O4S. The van der Waals surface area contributed by atoms with Gasteiger partial charge in [0.1, 0.15) is 11.0 Å². The van der Waals surface area contributed by atoms with E-state index >= 15 is 0 Å². The van der Waals surface area contributed by atoms with E-state index in [1.54, 1.807) is 29.2 Å². The second-order valence-electron chi connectivity index (χ2n) is 7.77. The maximum Gasteiger partial charge on any atom is 0.242 e. The van der Waals surface area contributed by atoms with Crippen molar-refractivity contribution in [1.29, 1.82) is 0 Å². The maximum atomic E-state index is 13.2. The summed E-state index contributed by atoms with van der Waals surface area (Å²) in [5.74, 6) is 0.396. The smallest absolute Gasteiger partial charge is 0.242 e. The molecule has 2 fully saturated rings. The summed E-state index contributed by atoms with van der Waals surface area (Å²) in [5.41, 5.74) is 1.32. The number of amides is 2. The van der Waals surface area contributed by atoms with Gasteiger partial charge in [-0.25, -0.2) is 4.99 Å². The average molecular weight is 488 g/mol. The van der Waals surface area contributed by atoms with E-state index in [9.17, 15) is 9.59 Å². The van der Waals surface area contributed by atoms with Crippen LogP contribution >= 0.6 is 23.4 Å². The highest BCUT2D eigenvalue weighted by Crippen LogP contribution is 2.33. The van der Waals surface area contributed by atoms with Gasteiger partial charge in [0, 0.05) is 23.7 Å². The summed E-state index contributed by atoms with van der Waals surface area (Å²) in [4.78, 5) is 32.2. The molecule has 2 aromatic rings. The van der Waals surface area contributed by atoms with Crippen LogP contribution in [-0.2, 0) is 14.3 Å². The predicted molar refractivity (Wildman–Crippen MR) is 131 cm³/mol. The quantitative estimate of drug-likeness (QED) is 0.574. The van der Waals surface area contributed by atoms with E-state index in [4.69, 9.17) is 26.1 Å². The van der Waals surface area contributed by atoms with Crippen molar-refractivity contribution in [1.82, 2.24) is 4.90 Å². The number of anilines is 1. The van der Waals surface area contributed by atoms with E-state index < -0.39 is 5.25 Å². The van der Waals surface area contributed by atoms with E-state index in [0.717, 1.165) is 24.3 Å². The van der Waals surface area contributed by atoms with Crippen LogP contribution in [-0.4, -0.2) is 53.0 Å². The molecule has 0 aliphatic carbocycles. The number of thioether (sulfide) groups is 1. The van der Waals surface area contributed by atoms with Crippen LogP contribution in [0.5, 0.6) is 5.75 Å². The topological polar surface area (TPSA) is 80.2 Å². The van der Waals surface area contributed by atoms with Crippen molar-refractivity contribution in [2.75, 3.05) is 25.1 Å². The Balaban J connectivity index is 1.49. The Kier molecular flexibility index (Phi) is 7.90. The zero-order valence-corrected chi connectivity index (χ0v) is 19.9. The van der Waals surface area contributed by atoms with Crippen molar-refractivity contribution in [3.63, 3.8) is 0 Å². The van der Waals surface area contributed by atoms with Gasteiger partial charge in [-0.2, -0.15) is 0 Å². The largest absolute Gasteiger partial charge is 0.494 e. The molecule has 0 radical (unpaired) electrons. The highest BCUT2D eigenvalue weighted by molar-refractivity contribution is 8.15. The Bertz CT molecular complexity index is 1020. The second-order valence-corrected chi connectivity index (χ2v) is 9.38. The van der Waals surface area contributed by atoms with Gasteiger partial charge in [-0.1, -0.05) is 29.4 Å². The minimum Gasteiger partial charge on any atom is -0.494 e. The van der Waals surface area contributed by atoms with Crippen molar-refractivity contribution < 1.29 is 19.1 Å². The van der Waals surface area contributed by atoms with Crippen LogP contribution in [0.1, 0.15) is 26.2 Å². The number of rotatable bonds is 8. The van der Waals surface area contributed by atoms with Crippen LogP contribution in [0.3, 0.4) is 0 Å². The zero-order chi connectivity index (χ0) is 23.2. The first-order valence-electron chi connectivity index (χ1n) is 11.0. The lowest BCUT2D eigenvalue weighted by atomic mass is 10.2. The van der Waals surface area contributed by atoms with Crippen LogP contribution in [0.4, 0.5) is 11.4 Å². The lowest BCUT2D eigenvalue weighted by molar-refractivity contribution is -0.129. The van der Waals surface area contributed by atoms with E-state index in [1.807, 2.05) is 31.2 Å². The van der Waals surface area contributed by atoms with Crippen LogP contribution in [0.2, 0.25) is 5.02 Å². The fraction of sp³-hybridized carbons (Fsp3) is 0.375. The van der Waals surface area contributed by atoms with E-state index in [1.165, 1.54) is 11.8 Å². The number of ether oxygens (including phenoxy) is 2. The van der Waals surface area contributed by atoms with Crippen LogP contribution < -0.4 is 10.1 Å². The third kappa shape index (κ3) is 6.28. The van der Waals surface area contributed by atoms with Gasteiger partial charge in [0.15, 0.2) is 5.17 Å². The molecule has 2 heterocycles. The standard InChI is InChI=1S/C24H26ClN3O4S/c1-2-31-19-10-8-17(9-11-19)27-24-28(15-20-7-4-12-32-20)23(30)21(33-24)14-22(29)26-18-6-3-5-16(25)13-18/h3,5-6,8-11,13,20-21H,2,4,7,12,14-15H2,1H3,(H,26,29). The Morgan fingerprint density at radius 1 is 1.30 bits per heavy atom. The molecule has 9 heteroatoms. The number of nitrogens with one attached hydrogen (secondary N) is 1. The molecule has 1 N–H and O–H groups in total. The van der Waals surface area contributed by atoms with Gasteiger partial charge in [0.2, 0.25) is 11.8 Å². The molecule has 2 aliphatic rings. The fourth-order valence-corrected chi connectivity index (χ4v) is 5.08. The lowest BCUT2D eigenvalue weighted by Crippen LogP contribution is -2.38. The van der Waals surface area contributed by atoms with Crippen molar-refractivity contribution in [3.05, 3.63) is 53.6 Å². The number of amidine groups is 1.